The van der Waals surface area contributed by atoms with Gasteiger partial charge in [-0.05, 0) is 31.5 Å². The standard InChI is InChI=1S/C15H16FNO4/c1-9-11(3-5-14(19)20)15(21)12-8-10(16)2-4-13(12)17(9)6-7-18/h2,4,8,18H,3,5-7H2,1H3,(H,19,20). The quantitative estimate of drug-likeness (QED) is 0.874. The fourth-order valence-corrected chi connectivity index (χ4v) is 2.51. The van der Waals surface area contributed by atoms with Crippen LogP contribution < -0.4 is 5.43 Å². The van der Waals surface area contributed by atoms with E-state index in [2.05, 4.69) is 0 Å². The first-order valence-corrected chi connectivity index (χ1v) is 6.60. The van der Waals surface area contributed by atoms with Crippen molar-refractivity contribution in [1.82, 2.24) is 4.57 Å². The number of nitrogens with zero attached hydrogens (tertiary/aromatic N) is 1. The summed E-state index contributed by atoms with van der Waals surface area (Å²) in [5.41, 5.74) is 1.14. The number of carboxylic acid groups (broad SMARTS) is 1. The summed E-state index contributed by atoms with van der Waals surface area (Å²) in [6.07, 6.45) is -0.0894. The average Bonchev–Trinajstić information content (AvgIpc) is 2.43. The lowest BCUT2D eigenvalue weighted by molar-refractivity contribution is -0.136. The Hall–Kier alpha value is -2.21. The van der Waals surface area contributed by atoms with Gasteiger partial charge in [0.25, 0.3) is 0 Å². The van der Waals surface area contributed by atoms with Crippen molar-refractivity contribution in [2.75, 3.05) is 6.61 Å². The van der Waals surface area contributed by atoms with Crippen molar-refractivity contribution >= 4 is 16.9 Å². The normalized spacial score (nSPS) is 11.0. The second-order valence-corrected chi connectivity index (χ2v) is 4.82. The maximum Gasteiger partial charge on any atom is 0.303 e. The summed E-state index contributed by atoms with van der Waals surface area (Å²) in [6.45, 7) is 1.83. The van der Waals surface area contributed by atoms with Gasteiger partial charge in [-0.25, -0.2) is 4.39 Å². The molecule has 0 aliphatic rings. The molecule has 6 heteroatoms. The minimum absolute atomic E-state index is 0.0812. The van der Waals surface area contributed by atoms with Gasteiger partial charge in [0.05, 0.1) is 12.1 Å². The molecule has 0 amide bonds. The Morgan fingerprint density at radius 2 is 2.10 bits per heavy atom. The molecule has 0 radical (unpaired) electrons. The number of aliphatic hydroxyl groups is 1. The molecular formula is C15H16FNO4. The molecule has 1 heterocycles. The number of rotatable bonds is 5. The molecule has 1 aromatic heterocycles. The molecule has 0 saturated carbocycles. The minimum atomic E-state index is -0.998. The number of aliphatic carboxylic acids is 1. The molecule has 0 aliphatic carbocycles. The van der Waals surface area contributed by atoms with E-state index in [0.29, 0.717) is 16.8 Å². The van der Waals surface area contributed by atoms with Gasteiger partial charge in [-0.3, -0.25) is 9.59 Å². The van der Waals surface area contributed by atoms with Crippen molar-refractivity contribution in [3.63, 3.8) is 0 Å². The van der Waals surface area contributed by atoms with E-state index in [-0.39, 0.29) is 36.8 Å². The van der Waals surface area contributed by atoms with Crippen LogP contribution in [0.4, 0.5) is 4.39 Å². The molecule has 0 saturated heterocycles. The summed E-state index contributed by atoms with van der Waals surface area (Å²) < 4.78 is 15.1. The summed E-state index contributed by atoms with van der Waals surface area (Å²) in [4.78, 5) is 23.1. The van der Waals surface area contributed by atoms with Crippen molar-refractivity contribution in [3.05, 3.63) is 45.5 Å². The molecule has 0 fully saturated rings. The van der Waals surface area contributed by atoms with E-state index in [4.69, 9.17) is 10.2 Å². The van der Waals surface area contributed by atoms with Crippen molar-refractivity contribution < 1.29 is 19.4 Å². The van der Waals surface area contributed by atoms with Gasteiger partial charge in [-0.2, -0.15) is 0 Å². The van der Waals surface area contributed by atoms with Gasteiger partial charge >= 0.3 is 5.97 Å². The molecule has 0 aliphatic heterocycles. The van der Waals surface area contributed by atoms with Gasteiger partial charge in [-0.15, -0.1) is 0 Å². The van der Waals surface area contributed by atoms with E-state index in [1.807, 2.05) is 0 Å². The highest BCUT2D eigenvalue weighted by molar-refractivity contribution is 5.80. The predicted molar refractivity (Wildman–Crippen MR) is 75.9 cm³/mol. The van der Waals surface area contributed by atoms with Gasteiger partial charge in [-0.1, -0.05) is 0 Å². The highest BCUT2D eigenvalue weighted by atomic mass is 19.1. The maximum atomic E-state index is 13.4. The average molecular weight is 293 g/mol. The molecule has 2 rings (SSSR count). The van der Waals surface area contributed by atoms with Crippen molar-refractivity contribution in [1.29, 1.82) is 0 Å². The lowest BCUT2D eigenvalue weighted by atomic mass is 10.0. The van der Waals surface area contributed by atoms with E-state index in [9.17, 15) is 14.0 Å². The number of carboxylic acids is 1. The first kappa shape index (κ1) is 15.2. The fourth-order valence-electron chi connectivity index (χ4n) is 2.51. The zero-order chi connectivity index (χ0) is 15.6. The summed E-state index contributed by atoms with van der Waals surface area (Å²) >= 11 is 0. The Morgan fingerprint density at radius 1 is 1.38 bits per heavy atom. The topological polar surface area (TPSA) is 79.5 Å². The molecule has 0 bridgehead atoms. The molecule has 1 aromatic carbocycles. The lowest BCUT2D eigenvalue weighted by Gasteiger charge is -2.17. The molecule has 112 valence electrons. The summed E-state index contributed by atoms with van der Waals surface area (Å²) in [6, 6.07) is 3.90. The number of pyridine rings is 1. The number of fused-ring (bicyclic) bond motifs is 1. The molecule has 21 heavy (non-hydrogen) atoms. The van der Waals surface area contributed by atoms with Gasteiger partial charge < -0.3 is 14.8 Å². The molecule has 5 nitrogen and oxygen atoms in total. The van der Waals surface area contributed by atoms with Gasteiger partial charge in [0.15, 0.2) is 5.43 Å². The molecule has 2 N–H and O–H groups in total. The Labute approximate surface area is 120 Å². The Kier molecular flexibility index (Phi) is 4.37. The van der Waals surface area contributed by atoms with Crippen LogP contribution in [0.25, 0.3) is 10.9 Å². The third-order valence-electron chi connectivity index (χ3n) is 3.52. The largest absolute Gasteiger partial charge is 0.481 e. The molecule has 0 unspecified atom stereocenters. The van der Waals surface area contributed by atoms with E-state index in [1.165, 1.54) is 12.1 Å². The monoisotopic (exact) mass is 293 g/mol. The maximum absolute atomic E-state index is 13.4. The smallest absolute Gasteiger partial charge is 0.303 e. The molecule has 2 aromatic rings. The van der Waals surface area contributed by atoms with Crippen LogP contribution >= 0.6 is 0 Å². The van der Waals surface area contributed by atoms with Crippen LogP contribution in [-0.2, 0) is 17.8 Å². The van der Waals surface area contributed by atoms with Crippen LogP contribution in [0, 0.1) is 12.7 Å². The van der Waals surface area contributed by atoms with Crippen LogP contribution in [0.3, 0.4) is 0 Å². The van der Waals surface area contributed by atoms with E-state index >= 15 is 0 Å². The second-order valence-electron chi connectivity index (χ2n) is 4.82. The number of hydrogen-bond acceptors (Lipinski definition) is 3. The van der Waals surface area contributed by atoms with E-state index in [0.717, 1.165) is 6.07 Å². The second kappa shape index (κ2) is 6.05. The highest BCUT2D eigenvalue weighted by Crippen LogP contribution is 2.18. The fraction of sp³-hybridized carbons (Fsp3) is 0.333. The van der Waals surface area contributed by atoms with Gasteiger partial charge in [0.1, 0.15) is 5.82 Å². The van der Waals surface area contributed by atoms with Crippen LogP contribution in [0.2, 0.25) is 0 Å². The Balaban J connectivity index is 2.73. The van der Waals surface area contributed by atoms with Gasteiger partial charge in [0, 0.05) is 29.6 Å². The van der Waals surface area contributed by atoms with Crippen LogP contribution in [0.15, 0.2) is 23.0 Å². The zero-order valence-electron chi connectivity index (χ0n) is 11.6. The Bertz CT molecular complexity index is 751. The van der Waals surface area contributed by atoms with Crippen LogP contribution in [0.5, 0.6) is 0 Å². The zero-order valence-corrected chi connectivity index (χ0v) is 11.6. The third-order valence-corrected chi connectivity index (χ3v) is 3.52. The Morgan fingerprint density at radius 3 is 2.71 bits per heavy atom. The summed E-state index contributed by atoms with van der Waals surface area (Å²) in [5.74, 6) is -1.52. The van der Waals surface area contributed by atoms with Crippen LogP contribution in [0.1, 0.15) is 17.7 Å². The molecular weight excluding hydrogens is 277 g/mol. The van der Waals surface area contributed by atoms with Crippen LogP contribution in [-0.4, -0.2) is 27.4 Å². The van der Waals surface area contributed by atoms with Crippen molar-refractivity contribution in [3.8, 4) is 0 Å². The van der Waals surface area contributed by atoms with E-state index in [1.54, 1.807) is 11.5 Å². The third kappa shape index (κ3) is 2.95. The molecule has 0 atom stereocenters. The number of carbonyl (C=O) groups is 1. The number of aliphatic hydroxyl groups excluding tert-OH is 1. The van der Waals surface area contributed by atoms with Gasteiger partial charge in [0.2, 0.25) is 0 Å². The number of halogens is 1. The van der Waals surface area contributed by atoms with Crippen molar-refractivity contribution in [2.45, 2.75) is 26.3 Å². The molecule has 0 spiro atoms. The SMILES string of the molecule is Cc1c(CCC(=O)O)c(=O)c2cc(F)ccc2n1CCO. The van der Waals surface area contributed by atoms with E-state index < -0.39 is 11.8 Å². The summed E-state index contributed by atoms with van der Waals surface area (Å²) in [5, 5.41) is 18.2. The first-order valence-electron chi connectivity index (χ1n) is 6.60. The first-order chi connectivity index (χ1) is 9.95. The number of aromatic nitrogens is 1. The minimum Gasteiger partial charge on any atom is -0.481 e. The number of benzene rings is 1. The summed E-state index contributed by atoms with van der Waals surface area (Å²) in [7, 11) is 0. The lowest BCUT2D eigenvalue weighted by Crippen LogP contribution is -2.21. The predicted octanol–water partition coefficient (Wildman–Crippen LogP) is 1.46. The van der Waals surface area contributed by atoms with Crippen molar-refractivity contribution in [2.24, 2.45) is 0 Å². The number of hydrogen-bond donors (Lipinski definition) is 2. The highest BCUT2D eigenvalue weighted by Gasteiger charge is 2.15.